The van der Waals surface area contributed by atoms with Crippen molar-refractivity contribution < 1.29 is 14.7 Å². The molecule has 108 valence electrons. The van der Waals surface area contributed by atoms with Crippen molar-refractivity contribution >= 4 is 45.8 Å². The summed E-state index contributed by atoms with van der Waals surface area (Å²) in [6.45, 7) is 0.346. The summed E-state index contributed by atoms with van der Waals surface area (Å²) in [5, 5.41) is 11.2. The molecule has 0 saturated carbocycles. The first-order chi connectivity index (χ1) is 10.1. The number of thiophene rings is 1. The number of carbonyl (C=O) groups excluding carboxylic acids is 1. The maximum absolute atomic E-state index is 12.6. The number of hydrogen-bond donors (Lipinski definition) is 1. The highest BCUT2D eigenvalue weighted by molar-refractivity contribution is 14.1. The highest BCUT2D eigenvalue weighted by Crippen LogP contribution is 2.26. The molecule has 0 aliphatic carbocycles. The fourth-order valence-corrected chi connectivity index (χ4v) is 3.87. The summed E-state index contributed by atoms with van der Waals surface area (Å²) >= 11 is 3.64. The largest absolute Gasteiger partial charge is 0.480 e. The molecule has 1 aromatic heterocycles. The van der Waals surface area contributed by atoms with Crippen LogP contribution in [0, 0.1) is 2.88 Å². The minimum Gasteiger partial charge on any atom is -0.480 e. The first-order valence-corrected chi connectivity index (χ1v) is 8.36. The normalized spacial score (nSPS) is 17.4. The molecule has 2 aromatic rings. The van der Waals surface area contributed by atoms with Gasteiger partial charge in [-0.2, -0.15) is 0 Å². The molecular weight excluding hydrogens is 401 g/mol. The Morgan fingerprint density at radius 3 is 2.62 bits per heavy atom. The van der Waals surface area contributed by atoms with E-state index in [-0.39, 0.29) is 5.91 Å². The Balaban J connectivity index is 1.96. The van der Waals surface area contributed by atoms with Crippen molar-refractivity contribution in [2.45, 2.75) is 19.0 Å². The van der Waals surface area contributed by atoms with Crippen molar-refractivity contribution in [3.63, 3.8) is 0 Å². The van der Waals surface area contributed by atoms with Crippen LogP contribution in [0.1, 0.15) is 21.5 Å². The number of nitrogens with zero attached hydrogens (tertiary/aromatic N) is 1. The van der Waals surface area contributed by atoms with Gasteiger partial charge in [-0.05, 0) is 39.8 Å². The van der Waals surface area contributed by atoms with Gasteiger partial charge in [-0.25, -0.2) is 4.79 Å². The fourth-order valence-electron chi connectivity index (χ4n) is 2.55. The van der Waals surface area contributed by atoms with Gasteiger partial charge in [-0.15, -0.1) is 11.3 Å². The summed E-state index contributed by atoms with van der Waals surface area (Å²) in [6, 6.07) is 8.69. The summed E-state index contributed by atoms with van der Waals surface area (Å²) in [5.74, 6) is -1.17. The zero-order chi connectivity index (χ0) is 15.0. The van der Waals surface area contributed by atoms with Gasteiger partial charge < -0.3 is 10.0 Å². The lowest BCUT2D eigenvalue weighted by Crippen LogP contribution is -2.48. The van der Waals surface area contributed by atoms with E-state index in [1.165, 1.54) is 16.2 Å². The number of benzene rings is 1. The van der Waals surface area contributed by atoms with Crippen LogP contribution in [0.25, 0.3) is 0 Å². The molecule has 0 saturated heterocycles. The van der Waals surface area contributed by atoms with Crippen LogP contribution in [-0.2, 0) is 17.8 Å². The number of halogens is 1. The predicted octanol–water partition coefficient (Wildman–Crippen LogP) is 3.00. The van der Waals surface area contributed by atoms with Crippen LogP contribution in [0.15, 0.2) is 35.7 Å². The Hall–Kier alpha value is -1.41. The van der Waals surface area contributed by atoms with E-state index in [9.17, 15) is 14.7 Å². The summed E-state index contributed by atoms with van der Waals surface area (Å²) in [4.78, 5) is 25.6. The van der Waals surface area contributed by atoms with Gasteiger partial charge in [0.15, 0.2) is 0 Å². The van der Waals surface area contributed by atoms with Crippen LogP contribution in [0.3, 0.4) is 0 Å². The highest BCUT2D eigenvalue weighted by Gasteiger charge is 2.35. The fraction of sp³-hybridized carbons (Fsp3) is 0.200. The van der Waals surface area contributed by atoms with Crippen LogP contribution >= 0.6 is 33.9 Å². The third-order valence-corrected chi connectivity index (χ3v) is 5.40. The highest BCUT2D eigenvalue weighted by atomic mass is 127. The van der Waals surface area contributed by atoms with Crippen molar-refractivity contribution in [3.05, 3.63) is 55.3 Å². The maximum Gasteiger partial charge on any atom is 0.326 e. The summed E-state index contributed by atoms with van der Waals surface area (Å²) in [6.07, 6.45) is 0.360. The molecule has 0 radical (unpaired) electrons. The van der Waals surface area contributed by atoms with Crippen LogP contribution in [-0.4, -0.2) is 27.9 Å². The number of rotatable bonds is 2. The third kappa shape index (κ3) is 2.82. The zero-order valence-corrected chi connectivity index (χ0v) is 13.9. The number of carbonyl (C=O) groups is 2. The summed E-state index contributed by atoms with van der Waals surface area (Å²) in [5.41, 5.74) is 2.59. The average molecular weight is 413 g/mol. The van der Waals surface area contributed by atoms with Crippen molar-refractivity contribution in [1.29, 1.82) is 0 Å². The Labute approximate surface area is 139 Å². The lowest BCUT2D eigenvalue weighted by atomic mass is 9.93. The molecule has 2 heterocycles. The number of fused-ring (bicyclic) bond motifs is 1. The van der Waals surface area contributed by atoms with E-state index in [2.05, 4.69) is 22.6 Å². The second-order valence-electron chi connectivity index (χ2n) is 4.90. The third-order valence-electron chi connectivity index (χ3n) is 3.61. The Morgan fingerprint density at radius 2 is 2.00 bits per heavy atom. The van der Waals surface area contributed by atoms with Crippen LogP contribution < -0.4 is 0 Å². The lowest BCUT2D eigenvalue weighted by molar-refractivity contribution is -0.142. The molecule has 1 aliphatic rings. The monoisotopic (exact) mass is 413 g/mol. The van der Waals surface area contributed by atoms with Crippen molar-refractivity contribution in [3.8, 4) is 0 Å². The molecule has 1 aromatic carbocycles. The molecule has 1 amide bonds. The van der Waals surface area contributed by atoms with E-state index < -0.39 is 12.0 Å². The number of carboxylic acids is 1. The van der Waals surface area contributed by atoms with E-state index in [1.807, 2.05) is 24.3 Å². The van der Waals surface area contributed by atoms with E-state index in [0.29, 0.717) is 18.5 Å². The van der Waals surface area contributed by atoms with Crippen LogP contribution in [0.5, 0.6) is 0 Å². The molecule has 6 heteroatoms. The minimum atomic E-state index is -0.956. The number of hydrogen-bond acceptors (Lipinski definition) is 3. The number of carboxylic acid groups (broad SMARTS) is 1. The van der Waals surface area contributed by atoms with E-state index in [1.54, 1.807) is 11.4 Å². The van der Waals surface area contributed by atoms with Gasteiger partial charge in [-0.1, -0.05) is 24.3 Å². The molecule has 1 unspecified atom stereocenters. The van der Waals surface area contributed by atoms with Gasteiger partial charge in [0.1, 0.15) is 6.04 Å². The van der Waals surface area contributed by atoms with E-state index in [4.69, 9.17) is 0 Å². The Kier molecular flexibility index (Phi) is 3.99. The molecule has 0 bridgehead atoms. The quantitative estimate of drug-likeness (QED) is 0.771. The second kappa shape index (κ2) is 5.76. The topological polar surface area (TPSA) is 57.6 Å². The second-order valence-corrected chi connectivity index (χ2v) is 7.70. The van der Waals surface area contributed by atoms with Gasteiger partial charge in [0.2, 0.25) is 0 Å². The zero-order valence-electron chi connectivity index (χ0n) is 11.0. The smallest absolute Gasteiger partial charge is 0.326 e. The first-order valence-electron chi connectivity index (χ1n) is 6.41. The van der Waals surface area contributed by atoms with Gasteiger partial charge in [0.05, 0.1) is 8.45 Å². The lowest BCUT2D eigenvalue weighted by Gasteiger charge is -2.34. The van der Waals surface area contributed by atoms with Crippen molar-refractivity contribution in [2.24, 2.45) is 0 Å². The molecule has 21 heavy (non-hydrogen) atoms. The molecule has 4 nitrogen and oxygen atoms in total. The maximum atomic E-state index is 12.6. The molecule has 0 spiro atoms. The van der Waals surface area contributed by atoms with Crippen molar-refractivity contribution in [1.82, 2.24) is 4.90 Å². The molecule has 1 N–H and O–H groups in total. The molecule has 1 atom stereocenters. The van der Waals surface area contributed by atoms with Gasteiger partial charge in [0, 0.05) is 18.3 Å². The Bertz CT molecular complexity index is 712. The molecule has 1 aliphatic heterocycles. The SMILES string of the molecule is O=C(O)C1Cc2ccccc2CN1C(=O)c1csc(I)c1. The Morgan fingerprint density at radius 1 is 1.29 bits per heavy atom. The predicted molar refractivity (Wildman–Crippen MR) is 88.5 cm³/mol. The summed E-state index contributed by atoms with van der Waals surface area (Å²) in [7, 11) is 0. The molecule has 3 rings (SSSR count). The van der Waals surface area contributed by atoms with Gasteiger partial charge in [-0.3, -0.25) is 4.79 Å². The van der Waals surface area contributed by atoms with Crippen molar-refractivity contribution in [2.75, 3.05) is 0 Å². The van der Waals surface area contributed by atoms with Gasteiger partial charge >= 0.3 is 5.97 Å². The standard InChI is InChI=1S/C15H12INO3S/c16-13-6-11(8-21-13)14(18)17-7-10-4-2-1-3-9(10)5-12(17)15(19)20/h1-4,6,8,12H,5,7H2,(H,19,20). The molecular formula is C15H12INO3S. The molecule has 0 fully saturated rings. The van der Waals surface area contributed by atoms with Gasteiger partial charge in [0.25, 0.3) is 5.91 Å². The van der Waals surface area contributed by atoms with E-state index >= 15 is 0 Å². The average Bonchev–Trinajstić information content (AvgIpc) is 2.91. The first kappa shape index (κ1) is 14.5. The minimum absolute atomic E-state index is 0.212. The number of amides is 1. The van der Waals surface area contributed by atoms with Crippen LogP contribution in [0.4, 0.5) is 0 Å². The van der Waals surface area contributed by atoms with Crippen LogP contribution in [0.2, 0.25) is 0 Å². The summed E-state index contributed by atoms with van der Waals surface area (Å²) < 4.78 is 1.01. The number of aliphatic carboxylic acids is 1. The van der Waals surface area contributed by atoms with E-state index in [0.717, 1.165) is 14.0 Å².